The number of rotatable bonds is 2. The van der Waals surface area contributed by atoms with Crippen LogP contribution in [0.3, 0.4) is 0 Å². The number of fused-ring (bicyclic) bond motifs is 3. The first-order valence-corrected chi connectivity index (χ1v) is 5.22. The highest BCUT2D eigenvalue weighted by atomic mass is 16.4. The zero-order chi connectivity index (χ0) is 10.5. The molecular formula is C14H8O2. The lowest BCUT2D eigenvalue weighted by molar-refractivity contribution is 0.730. The topological polar surface area (TPSA) is 26.3 Å². The summed E-state index contributed by atoms with van der Waals surface area (Å²) in [5.74, 6) is 0. The third kappa shape index (κ3) is 1.13. The van der Waals surface area contributed by atoms with Crippen LogP contribution in [0.2, 0.25) is 0 Å². The van der Waals surface area contributed by atoms with Crippen molar-refractivity contribution in [3.63, 3.8) is 0 Å². The molecule has 2 aromatic heterocycles. The highest BCUT2D eigenvalue weighted by molar-refractivity contribution is 6.09. The Kier molecular flexibility index (Phi) is 1.33. The molecule has 0 aliphatic carbocycles. The molecule has 0 N–H and O–H groups in total. The molecule has 0 radical (unpaired) electrons. The van der Waals surface area contributed by atoms with Crippen molar-refractivity contribution in [1.29, 1.82) is 0 Å². The van der Waals surface area contributed by atoms with Crippen LogP contribution in [0.5, 0.6) is 0 Å². The minimum Gasteiger partial charge on any atom is -0.445 e. The van der Waals surface area contributed by atoms with E-state index in [-0.39, 0.29) is 0 Å². The second kappa shape index (κ2) is 2.67. The van der Waals surface area contributed by atoms with Crippen LogP contribution < -0.4 is 0 Å². The van der Waals surface area contributed by atoms with Crippen LogP contribution in [0.25, 0.3) is 34.5 Å². The van der Waals surface area contributed by atoms with Crippen molar-refractivity contribution in [1.82, 2.24) is 0 Å². The van der Waals surface area contributed by atoms with Gasteiger partial charge in [0, 0.05) is 5.56 Å². The molecule has 0 amide bonds. The lowest BCUT2D eigenvalue weighted by atomic mass is 10.1. The molecule has 16 heavy (non-hydrogen) atoms. The summed E-state index contributed by atoms with van der Waals surface area (Å²) in [7, 11) is 0. The summed E-state index contributed by atoms with van der Waals surface area (Å²) in [5, 5.41) is 0. The lowest BCUT2D eigenvalue weighted by Crippen LogP contribution is -1.69. The van der Waals surface area contributed by atoms with E-state index in [4.69, 9.17) is 8.83 Å². The molecule has 0 unspecified atom stereocenters. The van der Waals surface area contributed by atoms with Gasteiger partial charge in [0.25, 0.3) is 0 Å². The zero-order valence-corrected chi connectivity index (χ0v) is 8.44. The van der Waals surface area contributed by atoms with E-state index in [1.165, 1.54) is 5.56 Å². The summed E-state index contributed by atoms with van der Waals surface area (Å²) in [6.07, 6.45) is 4.13. The van der Waals surface area contributed by atoms with E-state index in [0.717, 1.165) is 27.9 Å². The minimum atomic E-state index is 0.921. The van der Waals surface area contributed by atoms with Crippen molar-refractivity contribution in [3.8, 4) is 0 Å². The van der Waals surface area contributed by atoms with Gasteiger partial charge in [0.05, 0.1) is 0 Å². The Morgan fingerprint density at radius 1 is 0.812 bits per heavy atom. The fourth-order valence-electron chi connectivity index (χ4n) is 1.83. The first-order chi connectivity index (χ1) is 7.92. The third-order valence-corrected chi connectivity index (χ3v) is 2.77. The van der Waals surface area contributed by atoms with Crippen molar-refractivity contribution < 1.29 is 8.83 Å². The van der Waals surface area contributed by atoms with Gasteiger partial charge in [0.1, 0.15) is 0 Å². The summed E-state index contributed by atoms with van der Waals surface area (Å²) in [6.45, 7) is 0. The van der Waals surface area contributed by atoms with Crippen LogP contribution in [0.4, 0.5) is 0 Å². The summed E-state index contributed by atoms with van der Waals surface area (Å²) in [5.41, 5.74) is 6.03. The van der Waals surface area contributed by atoms with E-state index in [9.17, 15) is 0 Å². The van der Waals surface area contributed by atoms with Crippen molar-refractivity contribution in [2.75, 3.05) is 0 Å². The fourth-order valence-corrected chi connectivity index (χ4v) is 1.83. The van der Waals surface area contributed by atoms with Gasteiger partial charge in [-0.05, 0) is 11.6 Å². The van der Waals surface area contributed by atoms with E-state index in [0.29, 0.717) is 0 Å². The fraction of sp³-hybridized carbons (Fsp3) is 0. The van der Waals surface area contributed by atoms with E-state index >= 15 is 0 Å². The van der Waals surface area contributed by atoms with E-state index in [2.05, 4.69) is 24.3 Å². The average molecular weight is 208 g/mol. The largest absolute Gasteiger partial charge is 0.445 e. The van der Waals surface area contributed by atoms with Crippen molar-refractivity contribution in [2.45, 2.75) is 0 Å². The maximum absolute atomic E-state index is 5.36. The second-order valence-corrected chi connectivity index (χ2v) is 3.90. The van der Waals surface area contributed by atoms with Crippen LogP contribution in [-0.2, 0) is 0 Å². The average Bonchev–Trinajstić information content (AvgIpc) is 3.17. The molecule has 0 aliphatic heterocycles. The van der Waals surface area contributed by atoms with E-state index < -0.39 is 0 Å². The predicted molar refractivity (Wildman–Crippen MR) is 63.7 cm³/mol. The van der Waals surface area contributed by atoms with Gasteiger partial charge < -0.3 is 8.83 Å². The van der Waals surface area contributed by atoms with Crippen LogP contribution in [0, 0.1) is 0 Å². The maximum Gasteiger partial charge on any atom is 0.217 e. The molecule has 0 fully saturated rings. The van der Waals surface area contributed by atoms with E-state index in [1.807, 2.05) is 24.3 Å². The van der Waals surface area contributed by atoms with Gasteiger partial charge in [0.2, 0.25) is 11.2 Å². The van der Waals surface area contributed by atoms with Gasteiger partial charge in [-0.1, -0.05) is 42.5 Å². The zero-order valence-electron chi connectivity index (χ0n) is 8.44. The van der Waals surface area contributed by atoms with Gasteiger partial charge in [-0.2, -0.15) is 0 Å². The van der Waals surface area contributed by atoms with Crippen LogP contribution in [0.1, 0.15) is 11.1 Å². The van der Waals surface area contributed by atoms with Gasteiger partial charge in [0.15, 0.2) is 11.2 Å². The maximum atomic E-state index is 5.36. The summed E-state index contributed by atoms with van der Waals surface area (Å²) in [4.78, 5) is 0. The monoisotopic (exact) mass is 208 g/mol. The smallest absolute Gasteiger partial charge is 0.217 e. The molecule has 0 saturated carbocycles. The van der Waals surface area contributed by atoms with Crippen molar-refractivity contribution in [2.24, 2.45) is 0 Å². The first-order valence-electron chi connectivity index (χ1n) is 5.22. The molecule has 0 bridgehead atoms. The normalized spacial score (nSPS) is 12.8. The van der Waals surface area contributed by atoms with Crippen LogP contribution in [0.15, 0.2) is 45.2 Å². The number of benzene rings is 2. The Morgan fingerprint density at radius 3 is 2.56 bits per heavy atom. The highest BCUT2D eigenvalue weighted by Gasteiger charge is 2.23. The molecule has 2 heterocycles. The first kappa shape index (κ1) is 7.99. The van der Waals surface area contributed by atoms with Crippen LogP contribution >= 0.6 is 0 Å². The Balaban J connectivity index is 1.74. The van der Waals surface area contributed by atoms with Gasteiger partial charge in [-0.25, -0.2) is 0 Å². The molecule has 2 heteroatoms. The molecule has 0 spiro atoms. The third-order valence-electron chi connectivity index (χ3n) is 2.77. The van der Waals surface area contributed by atoms with Gasteiger partial charge in [-0.15, -0.1) is 0 Å². The van der Waals surface area contributed by atoms with Gasteiger partial charge in [-0.3, -0.25) is 0 Å². The summed E-state index contributed by atoms with van der Waals surface area (Å²) < 4.78 is 10.6. The number of hydrogen-bond acceptors (Lipinski definition) is 2. The Labute approximate surface area is 91.4 Å². The van der Waals surface area contributed by atoms with E-state index in [1.54, 1.807) is 0 Å². The standard InChI is InChI=1S/C14H8O2/c1-2-4-9(5-3-1)6-7-10-8-11-13(15-11)14-12(10)16-14/h1-8H/b7-6+. The van der Waals surface area contributed by atoms with Crippen molar-refractivity contribution in [3.05, 3.63) is 47.5 Å². The summed E-state index contributed by atoms with van der Waals surface area (Å²) >= 11 is 0. The molecule has 2 aromatic carbocycles. The Bertz CT molecular complexity index is 743. The molecule has 4 aromatic rings. The Hall–Kier alpha value is -2.22. The molecule has 2 nitrogen and oxygen atoms in total. The molecule has 76 valence electrons. The second-order valence-electron chi connectivity index (χ2n) is 3.90. The molecule has 0 aliphatic rings. The Morgan fingerprint density at radius 2 is 1.69 bits per heavy atom. The summed E-state index contributed by atoms with van der Waals surface area (Å²) in [6, 6.07) is 12.2. The van der Waals surface area contributed by atoms with Gasteiger partial charge >= 0.3 is 0 Å². The molecule has 0 atom stereocenters. The minimum absolute atomic E-state index is 0.921. The highest BCUT2D eigenvalue weighted by Crippen LogP contribution is 2.42. The lowest BCUT2D eigenvalue weighted by Gasteiger charge is -1.90. The van der Waals surface area contributed by atoms with Crippen molar-refractivity contribution >= 4 is 34.5 Å². The quantitative estimate of drug-likeness (QED) is 0.461. The molecule has 4 rings (SSSR count). The predicted octanol–water partition coefficient (Wildman–Crippen LogP) is 4.23. The molecule has 0 saturated heterocycles. The SMILES string of the molecule is C(=C\c1cc2oc2c2oc12)/c1ccccc1. The molecular weight excluding hydrogens is 200 g/mol. The van der Waals surface area contributed by atoms with Crippen LogP contribution in [-0.4, -0.2) is 0 Å². The number of hydrogen-bond donors (Lipinski definition) is 0.